The molecule has 1 N–H and O–H groups in total. The number of imide groups is 1. The third-order valence-electron chi connectivity index (χ3n) is 2.39. The highest BCUT2D eigenvalue weighted by Gasteiger charge is 2.32. The second-order valence-electron chi connectivity index (χ2n) is 3.56. The molecule has 6 nitrogen and oxygen atoms in total. The Labute approximate surface area is 110 Å². The summed E-state index contributed by atoms with van der Waals surface area (Å²) in [6.07, 6.45) is 0. The zero-order valence-electron chi connectivity index (χ0n) is 9.05. The Morgan fingerprint density at radius 1 is 1.28 bits per heavy atom. The molecule has 0 atom stereocenters. The van der Waals surface area contributed by atoms with Crippen molar-refractivity contribution in [1.29, 1.82) is 0 Å². The van der Waals surface area contributed by atoms with Crippen LogP contribution in [0.5, 0.6) is 0 Å². The van der Waals surface area contributed by atoms with Gasteiger partial charge < -0.3 is 9.84 Å². The fourth-order valence-electron chi connectivity index (χ4n) is 1.66. The van der Waals surface area contributed by atoms with Gasteiger partial charge in [-0.15, -0.1) is 0 Å². The molecule has 1 fully saturated rings. The molecule has 94 valence electrons. The highest BCUT2D eigenvalue weighted by Crippen LogP contribution is 2.31. The number of morpholine rings is 1. The summed E-state index contributed by atoms with van der Waals surface area (Å²) in [5.41, 5.74) is -0.0729. The maximum Gasteiger partial charge on any atom is 0.337 e. The van der Waals surface area contributed by atoms with Crippen molar-refractivity contribution in [1.82, 2.24) is 0 Å². The largest absolute Gasteiger partial charge is 0.478 e. The van der Waals surface area contributed by atoms with Crippen molar-refractivity contribution in [2.24, 2.45) is 0 Å². The van der Waals surface area contributed by atoms with Crippen molar-refractivity contribution in [3.8, 4) is 0 Å². The van der Waals surface area contributed by atoms with Crippen LogP contribution in [0.1, 0.15) is 10.4 Å². The maximum atomic E-state index is 11.7. The molecular formula is C11H8BrNO5. The van der Waals surface area contributed by atoms with Gasteiger partial charge >= 0.3 is 5.97 Å². The Balaban J connectivity index is 2.58. The summed E-state index contributed by atoms with van der Waals surface area (Å²) in [7, 11) is 0. The van der Waals surface area contributed by atoms with E-state index in [1.165, 1.54) is 12.1 Å². The van der Waals surface area contributed by atoms with E-state index in [-0.39, 0.29) is 24.5 Å². The minimum absolute atomic E-state index is 0.0447. The zero-order valence-corrected chi connectivity index (χ0v) is 10.6. The number of carboxylic acids is 1. The number of nitrogens with zero attached hydrogens (tertiary/aromatic N) is 1. The van der Waals surface area contributed by atoms with Crippen LogP contribution in [0, 0.1) is 0 Å². The average molecular weight is 314 g/mol. The van der Waals surface area contributed by atoms with E-state index in [1.807, 2.05) is 0 Å². The Kier molecular flexibility index (Phi) is 3.44. The second-order valence-corrected chi connectivity index (χ2v) is 4.41. The summed E-state index contributed by atoms with van der Waals surface area (Å²) in [5, 5.41) is 9.09. The van der Waals surface area contributed by atoms with Crippen molar-refractivity contribution < 1.29 is 24.2 Å². The number of carbonyl (C=O) groups is 3. The molecule has 0 saturated carbocycles. The first kappa shape index (κ1) is 12.7. The van der Waals surface area contributed by atoms with Crippen molar-refractivity contribution in [2.75, 3.05) is 18.1 Å². The van der Waals surface area contributed by atoms with Crippen molar-refractivity contribution in [2.45, 2.75) is 0 Å². The van der Waals surface area contributed by atoms with Gasteiger partial charge in [0.05, 0.1) is 11.3 Å². The molecule has 2 amide bonds. The summed E-state index contributed by atoms with van der Waals surface area (Å²) >= 11 is 3.16. The van der Waals surface area contributed by atoms with Crippen molar-refractivity contribution in [3.05, 3.63) is 28.2 Å². The lowest BCUT2D eigenvalue weighted by molar-refractivity contribution is -0.138. The lowest BCUT2D eigenvalue weighted by Crippen LogP contribution is -2.47. The number of hydrogen-bond donors (Lipinski definition) is 1. The van der Waals surface area contributed by atoms with E-state index in [0.717, 1.165) is 4.90 Å². The monoisotopic (exact) mass is 313 g/mol. The fourth-order valence-corrected chi connectivity index (χ4v) is 2.20. The van der Waals surface area contributed by atoms with Gasteiger partial charge in [-0.2, -0.15) is 0 Å². The Morgan fingerprint density at radius 3 is 2.44 bits per heavy atom. The van der Waals surface area contributed by atoms with Gasteiger partial charge in [0.15, 0.2) is 0 Å². The number of aromatic carboxylic acids is 1. The Bertz CT molecular complexity index is 526. The predicted octanol–water partition coefficient (Wildman–Crippen LogP) is 1.04. The maximum absolute atomic E-state index is 11.7. The van der Waals surface area contributed by atoms with E-state index < -0.39 is 17.8 Å². The summed E-state index contributed by atoms with van der Waals surface area (Å²) < 4.78 is 5.15. The third-order valence-corrected chi connectivity index (χ3v) is 3.03. The predicted molar refractivity (Wildman–Crippen MR) is 64.4 cm³/mol. The van der Waals surface area contributed by atoms with Gasteiger partial charge in [-0.3, -0.25) is 9.59 Å². The van der Waals surface area contributed by atoms with Crippen LogP contribution >= 0.6 is 15.9 Å². The molecule has 1 aliphatic rings. The smallest absolute Gasteiger partial charge is 0.337 e. The highest BCUT2D eigenvalue weighted by atomic mass is 79.9. The summed E-state index contributed by atoms with van der Waals surface area (Å²) in [6, 6.07) is 4.42. The lowest BCUT2D eigenvalue weighted by atomic mass is 10.1. The van der Waals surface area contributed by atoms with E-state index in [4.69, 9.17) is 9.84 Å². The van der Waals surface area contributed by atoms with E-state index in [9.17, 15) is 14.4 Å². The molecule has 1 aromatic rings. The molecule has 1 aliphatic heterocycles. The number of hydrogen-bond acceptors (Lipinski definition) is 4. The Hall–Kier alpha value is -1.73. The van der Waals surface area contributed by atoms with Crippen LogP contribution in [0.4, 0.5) is 5.69 Å². The van der Waals surface area contributed by atoms with E-state index in [1.54, 1.807) is 6.07 Å². The SMILES string of the molecule is O=C(O)c1cccc(Br)c1N1C(=O)COCC1=O. The zero-order chi connectivity index (χ0) is 13.3. The molecule has 2 rings (SSSR count). The van der Waals surface area contributed by atoms with Gasteiger partial charge in [-0.1, -0.05) is 6.07 Å². The normalized spacial score (nSPS) is 15.9. The van der Waals surface area contributed by atoms with E-state index in [0.29, 0.717) is 4.47 Å². The number of benzene rings is 1. The lowest BCUT2D eigenvalue weighted by Gasteiger charge is -2.26. The van der Waals surface area contributed by atoms with Crippen LogP contribution in [0.3, 0.4) is 0 Å². The first-order chi connectivity index (χ1) is 8.52. The minimum Gasteiger partial charge on any atom is -0.478 e. The summed E-state index contributed by atoms with van der Waals surface area (Å²) in [4.78, 5) is 35.4. The quantitative estimate of drug-likeness (QED) is 0.825. The molecule has 7 heteroatoms. The second kappa shape index (κ2) is 4.87. The van der Waals surface area contributed by atoms with E-state index >= 15 is 0 Å². The molecule has 0 bridgehead atoms. The van der Waals surface area contributed by atoms with Gasteiger partial charge in [0.25, 0.3) is 11.8 Å². The molecular weight excluding hydrogens is 306 g/mol. The number of anilines is 1. The van der Waals surface area contributed by atoms with Gasteiger partial charge in [0.1, 0.15) is 13.2 Å². The number of para-hydroxylation sites is 1. The highest BCUT2D eigenvalue weighted by molar-refractivity contribution is 9.10. The van der Waals surface area contributed by atoms with Crippen LogP contribution in [0.2, 0.25) is 0 Å². The Morgan fingerprint density at radius 2 is 1.89 bits per heavy atom. The fraction of sp³-hybridized carbons (Fsp3) is 0.182. The van der Waals surface area contributed by atoms with Crippen molar-refractivity contribution >= 4 is 39.4 Å². The molecule has 0 radical (unpaired) electrons. The number of rotatable bonds is 2. The average Bonchev–Trinajstić information content (AvgIpc) is 2.30. The third kappa shape index (κ3) is 2.14. The van der Waals surface area contributed by atoms with Gasteiger partial charge in [-0.05, 0) is 28.1 Å². The van der Waals surface area contributed by atoms with Gasteiger partial charge in [0, 0.05) is 4.47 Å². The van der Waals surface area contributed by atoms with Crippen molar-refractivity contribution in [3.63, 3.8) is 0 Å². The molecule has 0 spiro atoms. The number of carbonyl (C=O) groups excluding carboxylic acids is 2. The standard InChI is InChI=1S/C11H8BrNO5/c12-7-3-1-2-6(11(16)17)10(7)13-8(14)4-18-5-9(13)15/h1-3H,4-5H2,(H,16,17). The molecule has 1 saturated heterocycles. The summed E-state index contributed by atoms with van der Waals surface area (Å²) in [6.45, 7) is -0.488. The number of halogens is 1. The summed E-state index contributed by atoms with van der Waals surface area (Å²) in [5.74, 6) is -2.38. The van der Waals surface area contributed by atoms with Gasteiger partial charge in [-0.25, -0.2) is 9.69 Å². The molecule has 0 aromatic heterocycles. The molecule has 1 aromatic carbocycles. The van der Waals surface area contributed by atoms with Crippen LogP contribution in [-0.2, 0) is 14.3 Å². The first-order valence-electron chi connectivity index (χ1n) is 4.97. The topological polar surface area (TPSA) is 83.9 Å². The number of amides is 2. The van der Waals surface area contributed by atoms with Crippen LogP contribution < -0.4 is 4.90 Å². The molecule has 0 unspecified atom stereocenters. The molecule has 18 heavy (non-hydrogen) atoms. The van der Waals surface area contributed by atoms with Crippen LogP contribution in [0.15, 0.2) is 22.7 Å². The van der Waals surface area contributed by atoms with Crippen LogP contribution in [0.25, 0.3) is 0 Å². The molecule has 1 heterocycles. The molecule has 0 aliphatic carbocycles. The number of ether oxygens (including phenoxy) is 1. The van der Waals surface area contributed by atoms with E-state index in [2.05, 4.69) is 15.9 Å². The van der Waals surface area contributed by atoms with Crippen LogP contribution in [-0.4, -0.2) is 36.1 Å². The first-order valence-corrected chi connectivity index (χ1v) is 5.77. The minimum atomic E-state index is -1.21. The van der Waals surface area contributed by atoms with Gasteiger partial charge in [0.2, 0.25) is 0 Å². The number of carboxylic acid groups (broad SMARTS) is 1.